The van der Waals surface area contributed by atoms with E-state index < -0.39 is 0 Å². The van der Waals surface area contributed by atoms with Crippen LogP contribution < -0.4 is 14.2 Å². The highest BCUT2D eigenvalue weighted by Crippen LogP contribution is 2.31. The first-order chi connectivity index (χ1) is 12.8. The molecule has 1 heterocycles. The van der Waals surface area contributed by atoms with Gasteiger partial charge in [0.25, 0.3) is 0 Å². The highest BCUT2D eigenvalue weighted by molar-refractivity contribution is 5.76. The van der Waals surface area contributed by atoms with Crippen LogP contribution in [0.4, 0.5) is 0 Å². The van der Waals surface area contributed by atoms with Gasteiger partial charge in [0, 0.05) is 13.0 Å². The molecule has 0 aliphatic carbocycles. The number of hydrogen-bond donors (Lipinski definition) is 0. The zero-order valence-electron chi connectivity index (χ0n) is 15.1. The van der Waals surface area contributed by atoms with Crippen molar-refractivity contribution in [2.75, 3.05) is 26.3 Å². The molecule has 0 saturated carbocycles. The third kappa shape index (κ3) is 4.91. The summed E-state index contributed by atoms with van der Waals surface area (Å²) in [5.74, 6) is 2.45. The van der Waals surface area contributed by atoms with Crippen molar-refractivity contribution in [2.24, 2.45) is 0 Å². The fraction of sp³-hybridized carbons (Fsp3) is 0.381. The number of carbonyl (C=O) groups excluding carboxylic acids is 1. The second kappa shape index (κ2) is 9.13. The quantitative estimate of drug-likeness (QED) is 0.680. The maximum atomic E-state index is 12.5. The first-order valence-electron chi connectivity index (χ1n) is 9.10. The largest absolute Gasteiger partial charge is 0.494 e. The SMILES string of the molecule is CCN(CC1COc2ccccc2O1)C(=O)CCCOc1ccccc1. The zero-order chi connectivity index (χ0) is 18.2. The van der Waals surface area contributed by atoms with Crippen molar-refractivity contribution >= 4 is 5.91 Å². The van der Waals surface area contributed by atoms with Crippen LogP contribution in [0, 0.1) is 0 Å². The van der Waals surface area contributed by atoms with Gasteiger partial charge in [0.15, 0.2) is 17.6 Å². The summed E-state index contributed by atoms with van der Waals surface area (Å²) in [5.41, 5.74) is 0. The smallest absolute Gasteiger partial charge is 0.222 e. The van der Waals surface area contributed by atoms with Gasteiger partial charge in [0.1, 0.15) is 12.4 Å². The van der Waals surface area contributed by atoms with E-state index in [4.69, 9.17) is 14.2 Å². The molecule has 2 aromatic rings. The minimum Gasteiger partial charge on any atom is -0.494 e. The van der Waals surface area contributed by atoms with Gasteiger partial charge >= 0.3 is 0 Å². The topological polar surface area (TPSA) is 48.0 Å². The molecule has 1 amide bonds. The second-order valence-corrected chi connectivity index (χ2v) is 6.20. The van der Waals surface area contributed by atoms with E-state index >= 15 is 0 Å². The molecule has 26 heavy (non-hydrogen) atoms. The van der Waals surface area contributed by atoms with Crippen LogP contribution in [0.5, 0.6) is 17.2 Å². The molecule has 0 aromatic heterocycles. The van der Waals surface area contributed by atoms with Gasteiger partial charge in [-0.25, -0.2) is 0 Å². The molecule has 5 heteroatoms. The number of benzene rings is 2. The Balaban J connectivity index is 1.42. The molecule has 2 aromatic carbocycles. The summed E-state index contributed by atoms with van der Waals surface area (Å²) in [5, 5.41) is 0. The van der Waals surface area contributed by atoms with E-state index in [1.807, 2.05) is 66.4 Å². The van der Waals surface area contributed by atoms with Gasteiger partial charge in [-0.2, -0.15) is 0 Å². The van der Waals surface area contributed by atoms with Gasteiger partial charge < -0.3 is 19.1 Å². The molecule has 1 aliphatic heterocycles. The second-order valence-electron chi connectivity index (χ2n) is 6.20. The van der Waals surface area contributed by atoms with Gasteiger partial charge in [-0.1, -0.05) is 30.3 Å². The predicted molar refractivity (Wildman–Crippen MR) is 99.8 cm³/mol. The predicted octanol–water partition coefficient (Wildman–Crippen LogP) is 3.53. The molecule has 5 nitrogen and oxygen atoms in total. The Bertz CT molecular complexity index is 704. The summed E-state index contributed by atoms with van der Waals surface area (Å²) in [6.45, 7) is 4.15. The molecule has 0 N–H and O–H groups in total. The van der Waals surface area contributed by atoms with Crippen LogP contribution in [0.2, 0.25) is 0 Å². The van der Waals surface area contributed by atoms with Gasteiger partial charge in [-0.05, 0) is 37.6 Å². The summed E-state index contributed by atoms with van der Waals surface area (Å²) in [7, 11) is 0. The van der Waals surface area contributed by atoms with E-state index in [-0.39, 0.29) is 12.0 Å². The number of fused-ring (bicyclic) bond motifs is 1. The Kier molecular flexibility index (Phi) is 6.36. The molecular formula is C21H25NO4. The molecule has 1 atom stereocenters. The maximum Gasteiger partial charge on any atom is 0.222 e. The van der Waals surface area contributed by atoms with Crippen molar-refractivity contribution in [3.63, 3.8) is 0 Å². The Hall–Kier alpha value is -2.69. The summed E-state index contributed by atoms with van der Waals surface area (Å²) in [6, 6.07) is 17.3. The molecule has 0 saturated heterocycles. The lowest BCUT2D eigenvalue weighted by Gasteiger charge is -2.31. The lowest BCUT2D eigenvalue weighted by Crippen LogP contribution is -2.43. The highest BCUT2D eigenvalue weighted by atomic mass is 16.6. The maximum absolute atomic E-state index is 12.5. The van der Waals surface area contributed by atoms with Crippen molar-refractivity contribution in [1.82, 2.24) is 4.90 Å². The van der Waals surface area contributed by atoms with E-state index in [1.54, 1.807) is 0 Å². The first kappa shape index (κ1) is 18.1. The number of rotatable bonds is 8. The normalized spacial score (nSPS) is 15.3. The number of amides is 1. The van der Waals surface area contributed by atoms with Gasteiger partial charge in [0.05, 0.1) is 13.2 Å². The molecule has 1 unspecified atom stereocenters. The van der Waals surface area contributed by atoms with Crippen LogP contribution in [-0.2, 0) is 4.79 Å². The summed E-state index contributed by atoms with van der Waals surface area (Å²) >= 11 is 0. The standard InChI is InChI=1S/C21H25NO4/c1-2-22(15-18-16-25-19-11-6-7-12-20(19)26-18)21(23)13-8-14-24-17-9-4-3-5-10-17/h3-7,9-12,18H,2,8,13-16H2,1H3. The molecule has 1 aliphatic rings. The highest BCUT2D eigenvalue weighted by Gasteiger charge is 2.24. The minimum absolute atomic E-state index is 0.117. The number of ether oxygens (including phenoxy) is 3. The van der Waals surface area contributed by atoms with Crippen molar-refractivity contribution in [3.05, 3.63) is 54.6 Å². The van der Waals surface area contributed by atoms with Gasteiger partial charge in [-0.15, -0.1) is 0 Å². The van der Waals surface area contributed by atoms with Crippen molar-refractivity contribution in [1.29, 1.82) is 0 Å². The fourth-order valence-electron chi connectivity index (χ4n) is 2.89. The van der Waals surface area contributed by atoms with Crippen LogP contribution in [-0.4, -0.2) is 43.2 Å². The van der Waals surface area contributed by atoms with E-state index in [2.05, 4.69) is 0 Å². The molecular weight excluding hydrogens is 330 g/mol. The molecule has 0 fully saturated rings. The molecule has 0 radical (unpaired) electrons. The first-order valence-corrected chi connectivity index (χ1v) is 9.10. The Labute approximate surface area is 154 Å². The third-order valence-corrected chi connectivity index (χ3v) is 4.27. The molecule has 3 rings (SSSR count). The number of hydrogen-bond acceptors (Lipinski definition) is 4. The Morgan fingerprint density at radius 2 is 1.85 bits per heavy atom. The van der Waals surface area contributed by atoms with Crippen LogP contribution in [0.25, 0.3) is 0 Å². The van der Waals surface area contributed by atoms with Crippen LogP contribution >= 0.6 is 0 Å². The number of nitrogens with zero attached hydrogens (tertiary/aromatic N) is 1. The van der Waals surface area contributed by atoms with E-state index in [0.29, 0.717) is 39.1 Å². The Morgan fingerprint density at radius 3 is 2.62 bits per heavy atom. The van der Waals surface area contributed by atoms with E-state index in [0.717, 1.165) is 17.2 Å². The monoisotopic (exact) mass is 355 g/mol. The van der Waals surface area contributed by atoms with Crippen LogP contribution in [0.15, 0.2) is 54.6 Å². The number of likely N-dealkylation sites (N-methyl/N-ethyl adjacent to an activating group) is 1. The lowest BCUT2D eigenvalue weighted by atomic mass is 10.2. The molecule has 0 bridgehead atoms. The minimum atomic E-state index is -0.144. The van der Waals surface area contributed by atoms with Crippen LogP contribution in [0.1, 0.15) is 19.8 Å². The average Bonchev–Trinajstić information content (AvgIpc) is 2.70. The van der Waals surface area contributed by atoms with Gasteiger partial charge in [-0.3, -0.25) is 4.79 Å². The van der Waals surface area contributed by atoms with Crippen molar-refractivity contribution in [2.45, 2.75) is 25.9 Å². The van der Waals surface area contributed by atoms with E-state index in [1.165, 1.54) is 0 Å². The zero-order valence-corrected chi connectivity index (χ0v) is 15.1. The fourth-order valence-corrected chi connectivity index (χ4v) is 2.89. The Morgan fingerprint density at radius 1 is 1.12 bits per heavy atom. The number of para-hydroxylation sites is 3. The average molecular weight is 355 g/mol. The molecule has 0 spiro atoms. The number of carbonyl (C=O) groups is 1. The van der Waals surface area contributed by atoms with Crippen molar-refractivity contribution < 1.29 is 19.0 Å². The van der Waals surface area contributed by atoms with Crippen molar-refractivity contribution in [3.8, 4) is 17.2 Å². The van der Waals surface area contributed by atoms with E-state index in [9.17, 15) is 4.79 Å². The van der Waals surface area contributed by atoms with Gasteiger partial charge in [0.2, 0.25) is 5.91 Å². The van der Waals surface area contributed by atoms with Crippen LogP contribution in [0.3, 0.4) is 0 Å². The summed E-state index contributed by atoms with van der Waals surface area (Å²) < 4.78 is 17.3. The summed E-state index contributed by atoms with van der Waals surface area (Å²) in [6.07, 6.45) is 1.01. The lowest BCUT2D eigenvalue weighted by molar-refractivity contribution is -0.132. The molecule has 138 valence electrons. The third-order valence-electron chi connectivity index (χ3n) is 4.27. The summed E-state index contributed by atoms with van der Waals surface area (Å²) in [4.78, 5) is 14.3.